The second-order valence-corrected chi connectivity index (χ2v) is 3.62. The third-order valence-electron chi connectivity index (χ3n) is 2.31. The first-order chi connectivity index (χ1) is 8.25. The smallest absolute Gasteiger partial charge is 0.159 e. The average molecular weight is 224 g/mol. The maximum absolute atomic E-state index is 11.1. The van der Waals surface area contributed by atoms with Crippen LogP contribution in [0.1, 0.15) is 23.0 Å². The third-order valence-corrected chi connectivity index (χ3v) is 2.31. The second kappa shape index (κ2) is 5.16. The van der Waals surface area contributed by atoms with Gasteiger partial charge in [0.15, 0.2) is 5.78 Å². The zero-order valence-corrected chi connectivity index (χ0v) is 9.50. The van der Waals surface area contributed by atoms with Gasteiger partial charge < -0.3 is 0 Å². The summed E-state index contributed by atoms with van der Waals surface area (Å²) in [5, 5.41) is 0. The van der Waals surface area contributed by atoms with E-state index in [1.165, 1.54) is 0 Å². The number of Topliss-reactive ketones (excluding diaryl/α,β-unsaturated/α-hetero) is 1. The minimum Gasteiger partial charge on any atom is -0.295 e. The van der Waals surface area contributed by atoms with Crippen molar-refractivity contribution in [3.05, 3.63) is 59.9 Å². The van der Waals surface area contributed by atoms with E-state index in [1.54, 1.807) is 31.5 Å². The van der Waals surface area contributed by atoms with E-state index >= 15 is 0 Å². The Labute approximate surface area is 99.9 Å². The molecule has 0 amide bonds. The number of aromatic nitrogens is 1. The minimum atomic E-state index is 0.0604. The van der Waals surface area contributed by atoms with E-state index in [0.717, 1.165) is 11.4 Å². The maximum Gasteiger partial charge on any atom is 0.159 e. The highest BCUT2D eigenvalue weighted by molar-refractivity contribution is 5.94. The molecule has 17 heavy (non-hydrogen) atoms. The van der Waals surface area contributed by atoms with E-state index in [-0.39, 0.29) is 5.78 Å². The Morgan fingerprint density at radius 2 is 1.94 bits per heavy atom. The Hall–Kier alpha value is -2.29. The zero-order chi connectivity index (χ0) is 12.1. The van der Waals surface area contributed by atoms with Gasteiger partial charge in [-0.25, -0.2) is 0 Å². The molecule has 3 heteroatoms. The number of nitrogens with zero attached hydrogens (tertiary/aromatic N) is 2. The number of hydrogen-bond acceptors (Lipinski definition) is 3. The molecule has 2 rings (SSSR count). The Kier molecular flexibility index (Phi) is 3.40. The van der Waals surface area contributed by atoms with E-state index in [2.05, 4.69) is 9.98 Å². The van der Waals surface area contributed by atoms with Crippen molar-refractivity contribution in [2.45, 2.75) is 6.92 Å². The summed E-state index contributed by atoms with van der Waals surface area (Å²) in [6, 6.07) is 12.8. The van der Waals surface area contributed by atoms with Crippen molar-refractivity contribution in [2.24, 2.45) is 4.99 Å². The number of carbonyl (C=O) groups excluding carboxylic acids is 1. The molecule has 0 saturated heterocycles. The summed E-state index contributed by atoms with van der Waals surface area (Å²) in [6.45, 7) is 1.55. The lowest BCUT2D eigenvalue weighted by Crippen LogP contribution is -1.89. The molecule has 84 valence electrons. The molecule has 0 radical (unpaired) electrons. The van der Waals surface area contributed by atoms with Crippen LogP contribution in [-0.2, 0) is 0 Å². The molecule has 3 nitrogen and oxygen atoms in total. The van der Waals surface area contributed by atoms with Gasteiger partial charge in [-0.15, -0.1) is 0 Å². The van der Waals surface area contributed by atoms with Gasteiger partial charge in [0, 0.05) is 11.8 Å². The lowest BCUT2D eigenvalue weighted by atomic mass is 10.1. The zero-order valence-electron chi connectivity index (χ0n) is 9.50. The standard InChI is InChI=1S/C14H12N2O/c1-11(17)12-5-7-13(8-6-12)16-10-14-4-2-3-9-15-14/h2-10H,1H3. The number of rotatable bonds is 3. The number of pyridine rings is 1. The van der Waals surface area contributed by atoms with Gasteiger partial charge in [0.25, 0.3) is 0 Å². The van der Waals surface area contributed by atoms with Crippen LogP contribution < -0.4 is 0 Å². The molecule has 0 unspecified atom stereocenters. The van der Waals surface area contributed by atoms with Crippen molar-refractivity contribution >= 4 is 17.7 Å². The predicted octanol–water partition coefficient (Wildman–Crippen LogP) is 3.03. The quantitative estimate of drug-likeness (QED) is 0.594. The fourth-order valence-electron chi connectivity index (χ4n) is 1.38. The molecule has 2 aromatic rings. The van der Waals surface area contributed by atoms with E-state index in [1.807, 2.05) is 30.3 Å². The number of hydrogen-bond donors (Lipinski definition) is 0. The molecule has 0 N–H and O–H groups in total. The molecule has 0 fully saturated rings. The number of ketones is 1. The highest BCUT2D eigenvalue weighted by atomic mass is 16.1. The molecule has 0 saturated carbocycles. The van der Waals surface area contributed by atoms with Crippen molar-refractivity contribution in [3.63, 3.8) is 0 Å². The molecule has 1 aromatic heterocycles. The summed E-state index contributed by atoms with van der Waals surface area (Å²) in [7, 11) is 0. The second-order valence-electron chi connectivity index (χ2n) is 3.62. The van der Waals surface area contributed by atoms with Crippen LogP contribution in [0.15, 0.2) is 53.7 Å². The first-order valence-corrected chi connectivity index (χ1v) is 5.32. The first kappa shape index (κ1) is 11.2. The normalized spacial score (nSPS) is 10.6. The molecule has 0 aliphatic heterocycles. The van der Waals surface area contributed by atoms with E-state index in [4.69, 9.17) is 0 Å². The van der Waals surface area contributed by atoms with Crippen molar-refractivity contribution in [1.29, 1.82) is 0 Å². The number of carbonyl (C=O) groups is 1. The Morgan fingerprint density at radius 1 is 1.18 bits per heavy atom. The Bertz CT molecular complexity index is 530. The van der Waals surface area contributed by atoms with Gasteiger partial charge >= 0.3 is 0 Å². The fraction of sp³-hybridized carbons (Fsp3) is 0.0714. The SMILES string of the molecule is CC(=O)c1ccc(N=Cc2ccccn2)cc1. The van der Waals surface area contributed by atoms with Crippen LogP contribution in [0.4, 0.5) is 5.69 Å². The van der Waals surface area contributed by atoms with Crippen LogP contribution in [0.25, 0.3) is 0 Å². The van der Waals surface area contributed by atoms with Gasteiger partial charge in [0.1, 0.15) is 0 Å². The lowest BCUT2D eigenvalue weighted by Gasteiger charge is -1.96. The molecule has 1 heterocycles. The summed E-state index contributed by atoms with van der Waals surface area (Å²) in [5.74, 6) is 0.0604. The topological polar surface area (TPSA) is 42.3 Å². The van der Waals surface area contributed by atoms with Gasteiger partial charge in [-0.3, -0.25) is 14.8 Å². The maximum atomic E-state index is 11.1. The van der Waals surface area contributed by atoms with Crippen molar-refractivity contribution in [3.8, 4) is 0 Å². The van der Waals surface area contributed by atoms with Gasteiger partial charge in [-0.2, -0.15) is 0 Å². The predicted molar refractivity (Wildman–Crippen MR) is 67.9 cm³/mol. The van der Waals surface area contributed by atoms with Gasteiger partial charge in [0.2, 0.25) is 0 Å². The largest absolute Gasteiger partial charge is 0.295 e. The van der Waals surface area contributed by atoms with Gasteiger partial charge in [-0.05, 0) is 43.3 Å². The van der Waals surface area contributed by atoms with Gasteiger partial charge in [-0.1, -0.05) is 6.07 Å². The van der Waals surface area contributed by atoms with Crippen molar-refractivity contribution in [1.82, 2.24) is 4.98 Å². The van der Waals surface area contributed by atoms with Crippen LogP contribution in [0.3, 0.4) is 0 Å². The lowest BCUT2D eigenvalue weighted by molar-refractivity contribution is 0.101. The Balaban J connectivity index is 2.14. The summed E-state index contributed by atoms with van der Waals surface area (Å²) < 4.78 is 0. The third kappa shape index (κ3) is 3.08. The van der Waals surface area contributed by atoms with E-state index in [0.29, 0.717) is 5.56 Å². The van der Waals surface area contributed by atoms with Crippen LogP contribution in [0.2, 0.25) is 0 Å². The molecule has 0 aliphatic rings. The number of aliphatic imine (C=N–C) groups is 1. The van der Waals surface area contributed by atoms with Gasteiger partial charge in [0.05, 0.1) is 17.6 Å². The summed E-state index contributed by atoms with van der Waals surface area (Å²) >= 11 is 0. The van der Waals surface area contributed by atoms with Crippen molar-refractivity contribution < 1.29 is 4.79 Å². The molecule has 0 aliphatic carbocycles. The summed E-state index contributed by atoms with van der Waals surface area (Å²) in [4.78, 5) is 19.5. The number of benzene rings is 1. The van der Waals surface area contributed by atoms with Crippen LogP contribution in [0.5, 0.6) is 0 Å². The molecule has 0 spiro atoms. The molecule has 0 bridgehead atoms. The molecular weight excluding hydrogens is 212 g/mol. The molecule has 1 aromatic carbocycles. The van der Waals surface area contributed by atoms with Crippen molar-refractivity contribution in [2.75, 3.05) is 0 Å². The van der Waals surface area contributed by atoms with Crippen LogP contribution >= 0.6 is 0 Å². The molecular formula is C14H12N2O. The fourth-order valence-corrected chi connectivity index (χ4v) is 1.38. The minimum absolute atomic E-state index is 0.0604. The monoisotopic (exact) mass is 224 g/mol. The van der Waals surface area contributed by atoms with E-state index < -0.39 is 0 Å². The highest BCUT2D eigenvalue weighted by Gasteiger charge is 1.97. The highest BCUT2D eigenvalue weighted by Crippen LogP contribution is 2.13. The summed E-state index contributed by atoms with van der Waals surface area (Å²) in [6.07, 6.45) is 3.42. The molecule has 0 atom stereocenters. The first-order valence-electron chi connectivity index (χ1n) is 5.32. The summed E-state index contributed by atoms with van der Waals surface area (Å²) in [5.41, 5.74) is 2.31. The average Bonchev–Trinajstić information content (AvgIpc) is 2.38. The Morgan fingerprint density at radius 3 is 2.53 bits per heavy atom. The van der Waals surface area contributed by atoms with E-state index in [9.17, 15) is 4.79 Å². The van der Waals surface area contributed by atoms with Crippen LogP contribution in [-0.4, -0.2) is 17.0 Å². The van der Waals surface area contributed by atoms with Crippen LogP contribution in [0, 0.1) is 0 Å².